The van der Waals surface area contributed by atoms with Crippen molar-refractivity contribution in [2.75, 3.05) is 20.3 Å². The first-order valence-corrected chi connectivity index (χ1v) is 8.56. The third kappa shape index (κ3) is 5.47. The van der Waals surface area contributed by atoms with E-state index in [1.165, 1.54) is 5.56 Å². The van der Waals surface area contributed by atoms with Crippen molar-refractivity contribution in [3.8, 4) is 17.2 Å². The molecule has 0 bridgehead atoms. The van der Waals surface area contributed by atoms with Gasteiger partial charge in [-0.05, 0) is 78.0 Å². The number of methoxy groups -OCH3 is 1. The molecule has 0 atom stereocenters. The quantitative estimate of drug-likeness (QED) is 0.582. The van der Waals surface area contributed by atoms with E-state index in [9.17, 15) is 0 Å². The van der Waals surface area contributed by atoms with E-state index in [1.807, 2.05) is 37.3 Å². The normalized spacial score (nSPS) is 10.4. The lowest BCUT2D eigenvalue weighted by molar-refractivity contribution is 0.257. The average molecular weight is 379 g/mol. The van der Waals surface area contributed by atoms with Crippen LogP contribution in [0.1, 0.15) is 24.0 Å². The number of hydrogen-bond acceptors (Lipinski definition) is 3. The first-order chi connectivity index (χ1) is 11.1. The molecule has 0 radical (unpaired) electrons. The van der Waals surface area contributed by atoms with Crippen molar-refractivity contribution in [3.05, 3.63) is 52.0 Å². The van der Waals surface area contributed by atoms with Gasteiger partial charge in [0, 0.05) is 0 Å². The maximum Gasteiger partial charge on any atom is 0.161 e. The molecule has 0 unspecified atom stereocenters. The van der Waals surface area contributed by atoms with Gasteiger partial charge in [0.15, 0.2) is 11.5 Å². The zero-order valence-electron chi connectivity index (χ0n) is 13.9. The minimum absolute atomic E-state index is 0.651. The van der Waals surface area contributed by atoms with Crippen LogP contribution in [0, 0.1) is 13.8 Å². The SMILES string of the molecule is COc1cc(C)ccc1OCCCCOc1ccc(C)cc1Br. The summed E-state index contributed by atoms with van der Waals surface area (Å²) in [7, 11) is 1.66. The Kier molecular flexibility index (Phi) is 6.78. The molecular weight excluding hydrogens is 356 g/mol. The van der Waals surface area contributed by atoms with Crippen LogP contribution in [0.2, 0.25) is 0 Å². The Bertz CT molecular complexity index is 641. The van der Waals surface area contributed by atoms with Crippen LogP contribution in [0.4, 0.5) is 0 Å². The minimum atomic E-state index is 0.651. The molecule has 0 saturated carbocycles. The summed E-state index contributed by atoms with van der Waals surface area (Å²) in [5.41, 5.74) is 2.37. The molecule has 3 nitrogen and oxygen atoms in total. The van der Waals surface area contributed by atoms with E-state index in [0.717, 1.165) is 40.1 Å². The van der Waals surface area contributed by atoms with Crippen LogP contribution in [0.15, 0.2) is 40.9 Å². The second kappa shape index (κ2) is 8.82. The van der Waals surface area contributed by atoms with Crippen molar-refractivity contribution in [2.45, 2.75) is 26.7 Å². The van der Waals surface area contributed by atoms with Crippen molar-refractivity contribution in [1.82, 2.24) is 0 Å². The fourth-order valence-corrected chi connectivity index (χ4v) is 2.79. The van der Waals surface area contributed by atoms with E-state index in [-0.39, 0.29) is 0 Å². The average Bonchev–Trinajstić information content (AvgIpc) is 2.53. The van der Waals surface area contributed by atoms with Gasteiger partial charge in [-0.3, -0.25) is 0 Å². The van der Waals surface area contributed by atoms with E-state index >= 15 is 0 Å². The van der Waals surface area contributed by atoms with Crippen LogP contribution < -0.4 is 14.2 Å². The van der Waals surface area contributed by atoms with Crippen LogP contribution in [0.5, 0.6) is 17.2 Å². The maximum atomic E-state index is 5.78. The van der Waals surface area contributed by atoms with Crippen molar-refractivity contribution >= 4 is 15.9 Å². The third-order valence-corrected chi connectivity index (χ3v) is 4.08. The maximum absolute atomic E-state index is 5.78. The number of halogens is 1. The Labute approximate surface area is 146 Å². The van der Waals surface area contributed by atoms with Gasteiger partial charge in [0.05, 0.1) is 24.8 Å². The summed E-state index contributed by atoms with van der Waals surface area (Å²) in [5, 5.41) is 0. The Balaban J connectivity index is 1.70. The fourth-order valence-electron chi connectivity index (χ4n) is 2.19. The summed E-state index contributed by atoms with van der Waals surface area (Å²) < 4.78 is 17.9. The molecule has 0 aliphatic heterocycles. The fraction of sp³-hybridized carbons (Fsp3) is 0.368. The highest BCUT2D eigenvalue weighted by Gasteiger charge is 2.04. The molecule has 0 heterocycles. The van der Waals surface area contributed by atoms with Gasteiger partial charge in [-0.15, -0.1) is 0 Å². The van der Waals surface area contributed by atoms with Gasteiger partial charge in [0.25, 0.3) is 0 Å². The third-order valence-electron chi connectivity index (χ3n) is 3.46. The monoisotopic (exact) mass is 378 g/mol. The lowest BCUT2D eigenvalue weighted by atomic mass is 10.2. The van der Waals surface area contributed by atoms with Crippen LogP contribution in [0.25, 0.3) is 0 Å². The van der Waals surface area contributed by atoms with Crippen molar-refractivity contribution < 1.29 is 14.2 Å². The molecule has 2 rings (SSSR count). The van der Waals surface area contributed by atoms with Gasteiger partial charge < -0.3 is 14.2 Å². The van der Waals surface area contributed by atoms with Crippen LogP contribution >= 0.6 is 15.9 Å². The number of aryl methyl sites for hydroxylation is 2. The molecule has 0 aromatic heterocycles. The van der Waals surface area contributed by atoms with Crippen molar-refractivity contribution in [3.63, 3.8) is 0 Å². The molecular formula is C19H23BrO3. The van der Waals surface area contributed by atoms with Crippen LogP contribution in [-0.2, 0) is 0 Å². The summed E-state index contributed by atoms with van der Waals surface area (Å²) >= 11 is 3.52. The summed E-state index contributed by atoms with van der Waals surface area (Å²) in [5.74, 6) is 2.46. The topological polar surface area (TPSA) is 27.7 Å². The Hall–Kier alpha value is -1.68. The lowest BCUT2D eigenvalue weighted by Gasteiger charge is -2.12. The Morgan fingerprint density at radius 2 is 1.35 bits per heavy atom. The molecule has 2 aromatic rings. The highest BCUT2D eigenvalue weighted by molar-refractivity contribution is 9.10. The largest absolute Gasteiger partial charge is 0.493 e. The number of unbranched alkanes of at least 4 members (excludes halogenated alkanes) is 1. The summed E-state index contributed by atoms with van der Waals surface area (Å²) in [4.78, 5) is 0. The van der Waals surface area contributed by atoms with Gasteiger partial charge in [0.1, 0.15) is 5.75 Å². The Morgan fingerprint density at radius 3 is 1.96 bits per heavy atom. The summed E-state index contributed by atoms with van der Waals surface area (Å²) in [6, 6.07) is 12.1. The minimum Gasteiger partial charge on any atom is -0.493 e. The van der Waals surface area contributed by atoms with Gasteiger partial charge >= 0.3 is 0 Å². The smallest absolute Gasteiger partial charge is 0.161 e. The molecule has 0 spiro atoms. The zero-order valence-corrected chi connectivity index (χ0v) is 15.5. The number of ether oxygens (including phenoxy) is 3. The van der Waals surface area contributed by atoms with E-state index in [0.29, 0.717) is 13.2 Å². The van der Waals surface area contributed by atoms with Crippen LogP contribution in [0.3, 0.4) is 0 Å². The standard InChI is InChI=1S/C19H23BrO3/c1-14-6-8-17(16(20)12-14)22-10-4-5-11-23-18-9-7-15(2)13-19(18)21-3/h6-9,12-13H,4-5,10-11H2,1-3H3. The summed E-state index contributed by atoms with van der Waals surface area (Å²) in [6.07, 6.45) is 1.87. The summed E-state index contributed by atoms with van der Waals surface area (Å²) in [6.45, 7) is 5.42. The molecule has 0 fully saturated rings. The highest BCUT2D eigenvalue weighted by atomic mass is 79.9. The molecule has 0 amide bonds. The van der Waals surface area contributed by atoms with E-state index in [1.54, 1.807) is 7.11 Å². The number of benzene rings is 2. The highest BCUT2D eigenvalue weighted by Crippen LogP contribution is 2.28. The molecule has 0 aliphatic carbocycles. The van der Waals surface area contributed by atoms with E-state index < -0.39 is 0 Å². The second-order valence-electron chi connectivity index (χ2n) is 5.49. The molecule has 4 heteroatoms. The second-order valence-corrected chi connectivity index (χ2v) is 6.35. The number of hydrogen-bond donors (Lipinski definition) is 0. The first-order valence-electron chi connectivity index (χ1n) is 7.76. The first kappa shape index (κ1) is 17.7. The van der Waals surface area contributed by atoms with Gasteiger partial charge in [0.2, 0.25) is 0 Å². The Morgan fingerprint density at radius 1 is 0.783 bits per heavy atom. The van der Waals surface area contributed by atoms with Crippen molar-refractivity contribution in [2.24, 2.45) is 0 Å². The lowest BCUT2D eigenvalue weighted by Crippen LogP contribution is -2.03. The predicted octanol–water partition coefficient (Wildman–Crippen LogP) is 5.31. The van der Waals surface area contributed by atoms with Gasteiger partial charge in [-0.2, -0.15) is 0 Å². The van der Waals surface area contributed by atoms with Gasteiger partial charge in [-0.25, -0.2) is 0 Å². The molecule has 0 saturated heterocycles. The van der Waals surface area contributed by atoms with Gasteiger partial charge in [-0.1, -0.05) is 12.1 Å². The predicted molar refractivity (Wildman–Crippen MR) is 96.8 cm³/mol. The van der Waals surface area contributed by atoms with Crippen LogP contribution in [-0.4, -0.2) is 20.3 Å². The zero-order chi connectivity index (χ0) is 16.7. The molecule has 124 valence electrons. The van der Waals surface area contributed by atoms with E-state index in [4.69, 9.17) is 14.2 Å². The molecule has 23 heavy (non-hydrogen) atoms. The molecule has 0 N–H and O–H groups in total. The van der Waals surface area contributed by atoms with E-state index in [2.05, 4.69) is 28.9 Å². The number of rotatable bonds is 8. The molecule has 2 aromatic carbocycles. The van der Waals surface area contributed by atoms with Crippen molar-refractivity contribution in [1.29, 1.82) is 0 Å². The molecule has 0 aliphatic rings.